The van der Waals surface area contributed by atoms with Crippen LogP contribution in [0.15, 0.2) is 0 Å². The SMILES string of the molecule is CCCc1nc(N)c(C)c(NCCC2CCCC2)n1. The van der Waals surface area contributed by atoms with Crippen LogP contribution in [-0.4, -0.2) is 16.5 Å². The molecule has 0 unspecified atom stereocenters. The molecule has 0 radical (unpaired) electrons. The molecular formula is C15H26N4. The van der Waals surface area contributed by atoms with Crippen molar-refractivity contribution in [3.8, 4) is 0 Å². The number of nitrogens with two attached hydrogens (primary N) is 1. The molecule has 0 saturated heterocycles. The number of aryl methyl sites for hydroxylation is 1. The number of nitrogens with zero attached hydrogens (tertiary/aromatic N) is 2. The first-order valence-electron chi connectivity index (χ1n) is 7.57. The van der Waals surface area contributed by atoms with Gasteiger partial charge in [0.15, 0.2) is 0 Å². The van der Waals surface area contributed by atoms with Gasteiger partial charge in [-0.15, -0.1) is 0 Å². The van der Waals surface area contributed by atoms with E-state index in [1.165, 1.54) is 32.1 Å². The average Bonchev–Trinajstić information content (AvgIpc) is 2.88. The standard InChI is InChI=1S/C15H26N4/c1-3-6-13-18-14(16)11(2)15(19-13)17-10-9-12-7-4-5-8-12/h12H,3-10H2,1-2H3,(H3,16,17,18,19). The minimum atomic E-state index is 0.613. The maximum Gasteiger partial charge on any atom is 0.134 e. The van der Waals surface area contributed by atoms with E-state index in [4.69, 9.17) is 5.73 Å². The smallest absolute Gasteiger partial charge is 0.134 e. The molecule has 0 aliphatic heterocycles. The van der Waals surface area contributed by atoms with Gasteiger partial charge in [-0.3, -0.25) is 0 Å². The van der Waals surface area contributed by atoms with Crippen molar-refractivity contribution in [3.63, 3.8) is 0 Å². The second-order valence-corrected chi connectivity index (χ2v) is 5.61. The lowest BCUT2D eigenvalue weighted by atomic mass is 10.0. The molecule has 1 heterocycles. The predicted molar refractivity (Wildman–Crippen MR) is 80.2 cm³/mol. The zero-order valence-corrected chi connectivity index (χ0v) is 12.2. The number of hydrogen-bond acceptors (Lipinski definition) is 4. The van der Waals surface area contributed by atoms with Gasteiger partial charge in [0.25, 0.3) is 0 Å². The highest BCUT2D eigenvalue weighted by Crippen LogP contribution is 2.27. The van der Waals surface area contributed by atoms with E-state index in [9.17, 15) is 0 Å². The maximum atomic E-state index is 5.95. The summed E-state index contributed by atoms with van der Waals surface area (Å²) in [7, 11) is 0. The van der Waals surface area contributed by atoms with Crippen LogP contribution >= 0.6 is 0 Å². The first-order valence-corrected chi connectivity index (χ1v) is 7.57. The molecular weight excluding hydrogens is 236 g/mol. The van der Waals surface area contributed by atoms with E-state index in [-0.39, 0.29) is 0 Å². The van der Waals surface area contributed by atoms with E-state index < -0.39 is 0 Å². The molecule has 4 heteroatoms. The first-order chi connectivity index (χ1) is 9.20. The lowest BCUT2D eigenvalue weighted by Crippen LogP contribution is -2.12. The minimum Gasteiger partial charge on any atom is -0.383 e. The third-order valence-corrected chi connectivity index (χ3v) is 4.02. The van der Waals surface area contributed by atoms with Crippen LogP contribution in [0, 0.1) is 12.8 Å². The van der Waals surface area contributed by atoms with Crippen molar-refractivity contribution in [2.24, 2.45) is 5.92 Å². The molecule has 1 aliphatic rings. The van der Waals surface area contributed by atoms with Gasteiger partial charge in [0.05, 0.1) is 0 Å². The molecule has 0 aromatic carbocycles. The molecule has 1 aliphatic carbocycles. The van der Waals surface area contributed by atoms with Crippen molar-refractivity contribution in [1.29, 1.82) is 0 Å². The van der Waals surface area contributed by atoms with Gasteiger partial charge >= 0.3 is 0 Å². The van der Waals surface area contributed by atoms with Crippen molar-refractivity contribution in [2.45, 2.75) is 58.8 Å². The van der Waals surface area contributed by atoms with Crippen LogP contribution < -0.4 is 11.1 Å². The van der Waals surface area contributed by atoms with Crippen molar-refractivity contribution < 1.29 is 0 Å². The fourth-order valence-electron chi connectivity index (χ4n) is 2.78. The van der Waals surface area contributed by atoms with Crippen LogP contribution in [0.2, 0.25) is 0 Å². The van der Waals surface area contributed by atoms with E-state index >= 15 is 0 Å². The van der Waals surface area contributed by atoms with Gasteiger partial charge in [-0.05, 0) is 25.7 Å². The quantitative estimate of drug-likeness (QED) is 0.825. The van der Waals surface area contributed by atoms with Crippen molar-refractivity contribution >= 4 is 11.6 Å². The summed E-state index contributed by atoms with van der Waals surface area (Å²) in [5.41, 5.74) is 6.93. The normalized spacial score (nSPS) is 15.9. The molecule has 1 fully saturated rings. The van der Waals surface area contributed by atoms with Crippen LogP contribution in [-0.2, 0) is 6.42 Å². The highest BCUT2D eigenvalue weighted by Gasteiger charge is 2.15. The molecule has 3 N–H and O–H groups in total. The Hall–Kier alpha value is -1.32. The second-order valence-electron chi connectivity index (χ2n) is 5.61. The van der Waals surface area contributed by atoms with Crippen molar-refractivity contribution in [1.82, 2.24) is 9.97 Å². The molecule has 19 heavy (non-hydrogen) atoms. The number of rotatable bonds is 6. The number of hydrogen-bond donors (Lipinski definition) is 2. The van der Waals surface area contributed by atoms with Gasteiger partial charge in [-0.2, -0.15) is 0 Å². The molecule has 1 saturated carbocycles. The monoisotopic (exact) mass is 262 g/mol. The first kappa shape index (κ1) is 14.1. The summed E-state index contributed by atoms with van der Waals surface area (Å²) in [6.45, 7) is 5.11. The van der Waals surface area contributed by atoms with Gasteiger partial charge in [-0.1, -0.05) is 32.6 Å². The average molecular weight is 262 g/mol. The minimum absolute atomic E-state index is 0.613. The van der Waals surface area contributed by atoms with Gasteiger partial charge < -0.3 is 11.1 Å². The van der Waals surface area contributed by atoms with Gasteiger partial charge in [0.2, 0.25) is 0 Å². The summed E-state index contributed by atoms with van der Waals surface area (Å²) in [6, 6.07) is 0. The predicted octanol–water partition coefficient (Wildman–Crippen LogP) is 3.31. The molecule has 2 rings (SSSR count). The summed E-state index contributed by atoms with van der Waals surface area (Å²) < 4.78 is 0. The topological polar surface area (TPSA) is 63.8 Å². The summed E-state index contributed by atoms with van der Waals surface area (Å²) in [5, 5.41) is 3.45. The zero-order valence-electron chi connectivity index (χ0n) is 12.2. The van der Waals surface area contributed by atoms with Crippen LogP contribution in [0.4, 0.5) is 11.6 Å². The van der Waals surface area contributed by atoms with E-state index in [1.54, 1.807) is 0 Å². The number of nitrogen functional groups attached to an aromatic ring is 1. The second kappa shape index (κ2) is 6.73. The van der Waals surface area contributed by atoms with Crippen molar-refractivity contribution in [2.75, 3.05) is 17.6 Å². The summed E-state index contributed by atoms with van der Waals surface area (Å²) in [4.78, 5) is 8.92. The van der Waals surface area contributed by atoms with Gasteiger partial charge in [0.1, 0.15) is 17.5 Å². The fraction of sp³-hybridized carbons (Fsp3) is 0.733. The Morgan fingerprint density at radius 3 is 2.68 bits per heavy atom. The number of nitrogens with one attached hydrogen (secondary N) is 1. The summed E-state index contributed by atoms with van der Waals surface area (Å²) >= 11 is 0. The number of aromatic nitrogens is 2. The third-order valence-electron chi connectivity index (χ3n) is 4.02. The molecule has 0 amide bonds. The molecule has 0 spiro atoms. The van der Waals surface area contributed by atoms with Crippen LogP contribution in [0.5, 0.6) is 0 Å². The Morgan fingerprint density at radius 1 is 1.26 bits per heavy atom. The highest BCUT2D eigenvalue weighted by molar-refractivity contribution is 5.54. The summed E-state index contributed by atoms with van der Waals surface area (Å²) in [5.74, 6) is 3.30. The Bertz CT molecular complexity index is 411. The third kappa shape index (κ3) is 3.82. The largest absolute Gasteiger partial charge is 0.383 e. The zero-order chi connectivity index (χ0) is 13.7. The Labute approximate surface area is 116 Å². The molecule has 4 nitrogen and oxygen atoms in total. The lowest BCUT2D eigenvalue weighted by molar-refractivity contribution is 0.518. The number of anilines is 2. The fourth-order valence-corrected chi connectivity index (χ4v) is 2.78. The van der Waals surface area contributed by atoms with E-state index in [2.05, 4.69) is 22.2 Å². The molecule has 1 aromatic heterocycles. The van der Waals surface area contributed by atoms with E-state index in [0.29, 0.717) is 5.82 Å². The van der Waals surface area contributed by atoms with Crippen LogP contribution in [0.1, 0.15) is 56.8 Å². The molecule has 0 atom stereocenters. The molecule has 1 aromatic rings. The van der Waals surface area contributed by atoms with Crippen LogP contribution in [0.3, 0.4) is 0 Å². The van der Waals surface area contributed by atoms with Crippen LogP contribution in [0.25, 0.3) is 0 Å². The van der Waals surface area contributed by atoms with E-state index in [1.807, 2.05) is 6.92 Å². The Balaban J connectivity index is 1.93. The van der Waals surface area contributed by atoms with Gasteiger partial charge in [0, 0.05) is 18.5 Å². The Morgan fingerprint density at radius 2 is 2.00 bits per heavy atom. The molecule has 0 bridgehead atoms. The Kier molecular flexibility index (Phi) is 5.00. The maximum absolute atomic E-state index is 5.95. The lowest BCUT2D eigenvalue weighted by Gasteiger charge is -2.13. The van der Waals surface area contributed by atoms with Gasteiger partial charge in [-0.25, -0.2) is 9.97 Å². The summed E-state index contributed by atoms with van der Waals surface area (Å²) in [6.07, 6.45) is 8.79. The van der Waals surface area contributed by atoms with Crippen molar-refractivity contribution in [3.05, 3.63) is 11.4 Å². The van der Waals surface area contributed by atoms with E-state index in [0.717, 1.165) is 42.5 Å². The molecule has 106 valence electrons. The highest BCUT2D eigenvalue weighted by atomic mass is 15.1.